The van der Waals surface area contributed by atoms with Crippen LogP contribution < -0.4 is 0 Å². The summed E-state index contributed by atoms with van der Waals surface area (Å²) in [5, 5.41) is 0. The van der Waals surface area contributed by atoms with Gasteiger partial charge < -0.3 is 14.2 Å². The highest BCUT2D eigenvalue weighted by molar-refractivity contribution is 5.69. The Morgan fingerprint density at radius 3 is 2.43 bits per heavy atom. The fraction of sp³-hybridized carbons (Fsp3) is 0.950. The van der Waals surface area contributed by atoms with Crippen molar-refractivity contribution in [2.24, 2.45) is 5.92 Å². The lowest BCUT2D eigenvalue weighted by molar-refractivity contribution is -0.201. The molecule has 0 bridgehead atoms. The molecular formula is C20H34F4O4. The second-order valence-electron chi connectivity index (χ2n) is 7.72. The third-order valence-corrected chi connectivity index (χ3v) is 4.81. The third-order valence-electron chi connectivity index (χ3n) is 4.81. The van der Waals surface area contributed by atoms with E-state index < -0.39 is 36.9 Å². The molecule has 1 aliphatic heterocycles. The quantitative estimate of drug-likeness (QED) is 0.217. The van der Waals surface area contributed by atoms with Crippen LogP contribution in [0.2, 0.25) is 0 Å². The molecule has 0 saturated carbocycles. The van der Waals surface area contributed by atoms with Crippen LogP contribution >= 0.6 is 0 Å². The molecule has 0 aromatic rings. The minimum absolute atomic E-state index is 0.00281. The smallest absolute Gasteiger partial charge is 0.306 e. The maximum atomic E-state index is 14.3. The van der Waals surface area contributed by atoms with Crippen LogP contribution in [-0.4, -0.2) is 50.3 Å². The maximum Gasteiger partial charge on any atom is 0.306 e. The van der Waals surface area contributed by atoms with Gasteiger partial charge in [0.05, 0.1) is 13.0 Å². The highest BCUT2D eigenvalue weighted by Crippen LogP contribution is 2.34. The summed E-state index contributed by atoms with van der Waals surface area (Å²) in [5.41, 5.74) is 0. The number of alkyl halides is 4. The lowest BCUT2D eigenvalue weighted by Crippen LogP contribution is -2.44. The molecule has 0 N–H and O–H groups in total. The first-order chi connectivity index (χ1) is 13.1. The molecule has 1 unspecified atom stereocenters. The van der Waals surface area contributed by atoms with Crippen LogP contribution in [-0.2, 0) is 19.0 Å². The molecule has 0 spiro atoms. The molecule has 28 heavy (non-hydrogen) atoms. The lowest BCUT2D eigenvalue weighted by Gasteiger charge is -2.29. The Bertz CT molecular complexity index is 434. The summed E-state index contributed by atoms with van der Waals surface area (Å²) in [7, 11) is 0. The monoisotopic (exact) mass is 414 g/mol. The van der Waals surface area contributed by atoms with Crippen LogP contribution in [0.15, 0.2) is 0 Å². The Labute approximate surface area is 165 Å². The van der Waals surface area contributed by atoms with Gasteiger partial charge in [0, 0.05) is 26.2 Å². The fourth-order valence-corrected chi connectivity index (χ4v) is 3.16. The molecule has 1 heterocycles. The van der Waals surface area contributed by atoms with E-state index >= 15 is 0 Å². The predicted molar refractivity (Wildman–Crippen MR) is 97.8 cm³/mol. The molecule has 0 aromatic carbocycles. The van der Waals surface area contributed by atoms with E-state index in [4.69, 9.17) is 14.2 Å². The van der Waals surface area contributed by atoms with Crippen LogP contribution in [0.4, 0.5) is 17.6 Å². The second-order valence-corrected chi connectivity index (χ2v) is 7.72. The summed E-state index contributed by atoms with van der Waals surface area (Å²) >= 11 is 0. The molecule has 0 radical (unpaired) electrons. The summed E-state index contributed by atoms with van der Waals surface area (Å²) in [6.07, 6.45) is 1.99. The molecule has 1 atom stereocenters. The number of unbranched alkanes of at least 4 members (excludes halogenated alkanes) is 3. The molecule has 0 amide bonds. The van der Waals surface area contributed by atoms with E-state index in [1.54, 1.807) is 0 Å². The van der Waals surface area contributed by atoms with Crippen LogP contribution in [0.25, 0.3) is 0 Å². The van der Waals surface area contributed by atoms with E-state index in [2.05, 4.69) is 0 Å². The number of hydrogen-bond acceptors (Lipinski definition) is 4. The van der Waals surface area contributed by atoms with Gasteiger partial charge in [-0.2, -0.15) is 0 Å². The van der Waals surface area contributed by atoms with Crippen molar-refractivity contribution in [2.45, 2.75) is 89.6 Å². The van der Waals surface area contributed by atoms with Gasteiger partial charge in [0.25, 0.3) is 11.8 Å². The average Bonchev–Trinajstić information content (AvgIpc) is 2.60. The van der Waals surface area contributed by atoms with Crippen molar-refractivity contribution in [1.29, 1.82) is 0 Å². The number of esters is 1. The topological polar surface area (TPSA) is 44.8 Å². The second kappa shape index (κ2) is 12.6. The van der Waals surface area contributed by atoms with Gasteiger partial charge in [-0.25, -0.2) is 17.6 Å². The minimum Gasteiger partial charge on any atom is -0.453 e. The molecule has 1 aliphatic rings. The highest BCUT2D eigenvalue weighted by Gasteiger charge is 2.48. The van der Waals surface area contributed by atoms with Gasteiger partial charge in [-0.1, -0.05) is 26.2 Å². The molecule has 1 saturated heterocycles. The van der Waals surface area contributed by atoms with E-state index in [1.165, 1.54) is 0 Å². The first-order valence-corrected chi connectivity index (χ1v) is 10.2. The molecule has 0 aromatic heterocycles. The molecule has 1 fully saturated rings. The normalized spacial score (nSPS) is 17.5. The molecule has 0 aliphatic carbocycles. The molecule has 4 nitrogen and oxygen atoms in total. The Balaban J connectivity index is 2.52. The molecule has 166 valence electrons. The van der Waals surface area contributed by atoms with Crippen molar-refractivity contribution in [3.63, 3.8) is 0 Å². The van der Waals surface area contributed by atoms with E-state index in [0.717, 1.165) is 32.1 Å². The van der Waals surface area contributed by atoms with Gasteiger partial charge >= 0.3 is 5.97 Å². The van der Waals surface area contributed by atoms with Crippen LogP contribution in [0.3, 0.4) is 0 Å². The van der Waals surface area contributed by atoms with Gasteiger partial charge in [0.1, 0.15) is 0 Å². The van der Waals surface area contributed by atoms with Crippen LogP contribution in [0, 0.1) is 5.92 Å². The molecular weight excluding hydrogens is 380 g/mol. The van der Waals surface area contributed by atoms with Gasteiger partial charge in [-0.3, -0.25) is 4.79 Å². The third kappa shape index (κ3) is 11.2. The fourth-order valence-electron chi connectivity index (χ4n) is 3.16. The van der Waals surface area contributed by atoms with Gasteiger partial charge in [-0.05, 0) is 38.5 Å². The lowest BCUT2D eigenvalue weighted by atomic mass is 9.97. The van der Waals surface area contributed by atoms with Crippen molar-refractivity contribution in [1.82, 2.24) is 0 Å². The van der Waals surface area contributed by atoms with Gasteiger partial charge in [-0.15, -0.1) is 0 Å². The zero-order valence-electron chi connectivity index (χ0n) is 17.0. The minimum atomic E-state index is -3.87. The van der Waals surface area contributed by atoms with Gasteiger partial charge in [0.2, 0.25) is 0 Å². The van der Waals surface area contributed by atoms with Crippen molar-refractivity contribution >= 4 is 5.97 Å². The Morgan fingerprint density at radius 1 is 1.14 bits per heavy atom. The zero-order chi connectivity index (χ0) is 21.0. The zero-order valence-corrected chi connectivity index (χ0v) is 17.0. The standard InChI is InChI=1S/C20H34F4O4/c1-3-4-5-6-7-18(25)28-17(20(23,24)15-19(2,21)22)14-27-13-10-16-8-11-26-12-9-16/h16-17H,3-15H2,1-2H3. The van der Waals surface area contributed by atoms with Gasteiger partial charge in [0.15, 0.2) is 6.10 Å². The van der Waals surface area contributed by atoms with Crippen molar-refractivity contribution in [3.8, 4) is 0 Å². The maximum absolute atomic E-state index is 14.3. The number of ether oxygens (including phenoxy) is 3. The van der Waals surface area contributed by atoms with E-state index in [1.807, 2.05) is 6.92 Å². The molecule has 8 heteroatoms. The van der Waals surface area contributed by atoms with Crippen molar-refractivity contribution in [3.05, 3.63) is 0 Å². The van der Waals surface area contributed by atoms with Crippen LogP contribution in [0.1, 0.15) is 71.6 Å². The average molecular weight is 414 g/mol. The SMILES string of the molecule is CCCCCCC(=O)OC(COCCC1CCOCC1)C(F)(F)CC(C)(F)F. The summed E-state index contributed by atoms with van der Waals surface area (Å²) in [4.78, 5) is 11.9. The van der Waals surface area contributed by atoms with E-state index in [-0.39, 0.29) is 13.0 Å². The Hall–Kier alpha value is -0.890. The predicted octanol–water partition coefficient (Wildman–Crippen LogP) is 5.38. The number of carbonyl (C=O) groups excluding carboxylic acids is 1. The van der Waals surface area contributed by atoms with Crippen molar-refractivity contribution < 1.29 is 36.6 Å². The molecule has 1 rings (SSSR count). The summed E-state index contributed by atoms with van der Waals surface area (Å²) in [6, 6.07) is 0. The first-order valence-electron chi connectivity index (χ1n) is 10.2. The number of hydrogen-bond donors (Lipinski definition) is 0. The Morgan fingerprint density at radius 2 is 1.82 bits per heavy atom. The van der Waals surface area contributed by atoms with Crippen molar-refractivity contribution in [2.75, 3.05) is 26.4 Å². The highest BCUT2D eigenvalue weighted by atomic mass is 19.3. The van der Waals surface area contributed by atoms with E-state index in [9.17, 15) is 22.4 Å². The number of halogens is 4. The van der Waals surface area contributed by atoms with Crippen LogP contribution in [0.5, 0.6) is 0 Å². The Kier molecular flexibility index (Phi) is 11.3. The summed E-state index contributed by atoms with van der Waals surface area (Å²) in [5.74, 6) is -7.84. The van der Waals surface area contributed by atoms with E-state index in [0.29, 0.717) is 38.9 Å². The summed E-state index contributed by atoms with van der Waals surface area (Å²) < 4.78 is 70.4. The number of carbonyl (C=O) groups is 1. The number of rotatable bonds is 14. The first kappa shape index (κ1) is 25.1. The summed E-state index contributed by atoms with van der Waals surface area (Å²) in [6.45, 7) is 3.41. The largest absolute Gasteiger partial charge is 0.453 e.